The van der Waals surface area contributed by atoms with Crippen LogP contribution in [0.5, 0.6) is 0 Å². The van der Waals surface area contributed by atoms with Gasteiger partial charge in [-0.05, 0) is 25.0 Å². The molecule has 0 fully saturated rings. The van der Waals surface area contributed by atoms with Crippen LogP contribution in [-0.2, 0) is 4.79 Å². The molecule has 0 aliphatic carbocycles. The van der Waals surface area contributed by atoms with Gasteiger partial charge in [0.25, 0.3) is 0 Å². The lowest BCUT2D eigenvalue weighted by molar-refractivity contribution is -0.122. The van der Waals surface area contributed by atoms with Crippen molar-refractivity contribution in [1.29, 1.82) is 0 Å². The maximum absolute atomic E-state index is 11.8. The SMILES string of the molecule is CCCC(N)CC(=O)N[C@H](C)c1ccccc1Br. The predicted octanol–water partition coefficient (Wildman–Crippen LogP) is 3.14. The Labute approximate surface area is 117 Å². The second-order valence-electron chi connectivity index (χ2n) is 4.56. The third kappa shape index (κ3) is 4.78. The van der Waals surface area contributed by atoms with E-state index in [1.165, 1.54) is 0 Å². The monoisotopic (exact) mass is 312 g/mol. The summed E-state index contributed by atoms with van der Waals surface area (Å²) in [5.74, 6) is 0.0132. The zero-order valence-corrected chi connectivity index (χ0v) is 12.5. The smallest absolute Gasteiger partial charge is 0.222 e. The lowest BCUT2D eigenvalue weighted by atomic mass is 10.1. The summed E-state index contributed by atoms with van der Waals surface area (Å²) >= 11 is 3.49. The summed E-state index contributed by atoms with van der Waals surface area (Å²) in [6.45, 7) is 4.05. The van der Waals surface area contributed by atoms with Crippen molar-refractivity contribution in [3.8, 4) is 0 Å². The first-order valence-electron chi connectivity index (χ1n) is 6.34. The van der Waals surface area contributed by atoms with E-state index >= 15 is 0 Å². The van der Waals surface area contributed by atoms with Gasteiger partial charge in [-0.2, -0.15) is 0 Å². The minimum Gasteiger partial charge on any atom is -0.349 e. The van der Waals surface area contributed by atoms with E-state index in [9.17, 15) is 4.79 Å². The second-order valence-corrected chi connectivity index (χ2v) is 5.42. The summed E-state index contributed by atoms with van der Waals surface area (Å²) in [7, 11) is 0. The van der Waals surface area contributed by atoms with Crippen LogP contribution < -0.4 is 11.1 Å². The number of rotatable bonds is 6. The Bertz CT molecular complexity index is 395. The highest BCUT2D eigenvalue weighted by atomic mass is 79.9. The van der Waals surface area contributed by atoms with Crippen molar-refractivity contribution >= 4 is 21.8 Å². The molecule has 4 heteroatoms. The van der Waals surface area contributed by atoms with Crippen LogP contribution in [0.15, 0.2) is 28.7 Å². The average molecular weight is 313 g/mol. The molecular weight excluding hydrogens is 292 g/mol. The lowest BCUT2D eigenvalue weighted by Gasteiger charge is -2.17. The van der Waals surface area contributed by atoms with Gasteiger partial charge < -0.3 is 11.1 Å². The van der Waals surface area contributed by atoms with Gasteiger partial charge in [0.05, 0.1) is 6.04 Å². The summed E-state index contributed by atoms with van der Waals surface area (Å²) in [5.41, 5.74) is 6.94. The van der Waals surface area contributed by atoms with E-state index in [4.69, 9.17) is 5.73 Å². The average Bonchev–Trinajstić information content (AvgIpc) is 2.29. The van der Waals surface area contributed by atoms with E-state index in [1.54, 1.807) is 0 Å². The highest BCUT2D eigenvalue weighted by Gasteiger charge is 2.14. The largest absolute Gasteiger partial charge is 0.349 e. The van der Waals surface area contributed by atoms with Gasteiger partial charge in [-0.1, -0.05) is 47.5 Å². The molecule has 0 bridgehead atoms. The molecule has 1 amide bonds. The third-order valence-corrected chi connectivity index (χ3v) is 3.58. The molecule has 0 heterocycles. The molecule has 1 rings (SSSR count). The van der Waals surface area contributed by atoms with E-state index in [0.717, 1.165) is 22.9 Å². The van der Waals surface area contributed by atoms with E-state index in [-0.39, 0.29) is 18.0 Å². The van der Waals surface area contributed by atoms with E-state index in [0.29, 0.717) is 6.42 Å². The van der Waals surface area contributed by atoms with Gasteiger partial charge in [-0.3, -0.25) is 4.79 Å². The van der Waals surface area contributed by atoms with Crippen molar-refractivity contribution in [3.05, 3.63) is 34.3 Å². The number of benzene rings is 1. The molecule has 0 aliphatic rings. The molecule has 1 aromatic rings. The number of nitrogens with one attached hydrogen (secondary N) is 1. The molecule has 0 saturated heterocycles. The zero-order valence-electron chi connectivity index (χ0n) is 10.9. The maximum Gasteiger partial charge on any atom is 0.222 e. The quantitative estimate of drug-likeness (QED) is 0.847. The summed E-state index contributed by atoms with van der Waals surface area (Å²) in [4.78, 5) is 11.8. The van der Waals surface area contributed by atoms with Crippen LogP contribution >= 0.6 is 15.9 Å². The van der Waals surface area contributed by atoms with Crippen LogP contribution in [0.1, 0.15) is 44.7 Å². The van der Waals surface area contributed by atoms with Crippen molar-refractivity contribution in [2.75, 3.05) is 0 Å². The van der Waals surface area contributed by atoms with Crippen molar-refractivity contribution in [2.24, 2.45) is 5.73 Å². The number of hydrogen-bond acceptors (Lipinski definition) is 2. The van der Waals surface area contributed by atoms with E-state index in [2.05, 4.69) is 28.2 Å². The molecule has 0 spiro atoms. The Morgan fingerprint density at radius 2 is 2.11 bits per heavy atom. The predicted molar refractivity (Wildman–Crippen MR) is 78.2 cm³/mol. The van der Waals surface area contributed by atoms with Crippen molar-refractivity contribution in [3.63, 3.8) is 0 Å². The van der Waals surface area contributed by atoms with Crippen LogP contribution in [0.4, 0.5) is 0 Å². The number of carbonyl (C=O) groups is 1. The van der Waals surface area contributed by atoms with E-state index < -0.39 is 0 Å². The number of hydrogen-bond donors (Lipinski definition) is 2. The van der Waals surface area contributed by atoms with Crippen LogP contribution in [-0.4, -0.2) is 11.9 Å². The minimum atomic E-state index is -0.0404. The number of halogens is 1. The van der Waals surface area contributed by atoms with Crippen molar-refractivity contribution in [1.82, 2.24) is 5.32 Å². The topological polar surface area (TPSA) is 55.1 Å². The molecule has 0 aromatic heterocycles. The molecule has 2 atom stereocenters. The van der Waals surface area contributed by atoms with Gasteiger partial charge in [0, 0.05) is 16.9 Å². The molecule has 0 saturated carbocycles. The fourth-order valence-corrected chi connectivity index (χ4v) is 2.54. The van der Waals surface area contributed by atoms with Crippen LogP contribution in [0, 0.1) is 0 Å². The normalized spacial score (nSPS) is 14.0. The number of amides is 1. The fourth-order valence-electron chi connectivity index (χ4n) is 1.92. The highest BCUT2D eigenvalue weighted by molar-refractivity contribution is 9.10. The fraction of sp³-hybridized carbons (Fsp3) is 0.500. The summed E-state index contributed by atoms with van der Waals surface area (Å²) < 4.78 is 1.01. The van der Waals surface area contributed by atoms with Gasteiger partial charge in [0.2, 0.25) is 5.91 Å². The molecule has 1 aromatic carbocycles. The van der Waals surface area contributed by atoms with Gasteiger partial charge in [0.1, 0.15) is 0 Å². The summed E-state index contributed by atoms with van der Waals surface area (Å²) in [5, 5.41) is 2.98. The number of carbonyl (C=O) groups excluding carboxylic acids is 1. The Morgan fingerprint density at radius 3 is 2.72 bits per heavy atom. The summed E-state index contributed by atoms with van der Waals surface area (Å²) in [6.07, 6.45) is 2.29. The Hall–Kier alpha value is -0.870. The molecule has 0 aliphatic heterocycles. The Kier molecular flexibility index (Phi) is 6.36. The van der Waals surface area contributed by atoms with Gasteiger partial charge in [-0.25, -0.2) is 0 Å². The van der Waals surface area contributed by atoms with Crippen molar-refractivity contribution in [2.45, 2.75) is 45.2 Å². The first-order chi connectivity index (χ1) is 8.54. The Morgan fingerprint density at radius 1 is 1.44 bits per heavy atom. The number of nitrogens with two attached hydrogens (primary N) is 1. The highest BCUT2D eigenvalue weighted by Crippen LogP contribution is 2.22. The van der Waals surface area contributed by atoms with Gasteiger partial charge in [0.15, 0.2) is 0 Å². The first kappa shape index (κ1) is 15.2. The zero-order chi connectivity index (χ0) is 13.5. The first-order valence-corrected chi connectivity index (χ1v) is 7.13. The molecular formula is C14H21BrN2O. The summed E-state index contributed by atoms with van der Waals surface area (Å²) in [6, 6.07) is 7.84. The van der Waals surface area contributed by atoms with Crippen LogP contribution in [0.2, 0.25) is 0 Å². The van der Waals surface area contributed by atoms with Crippen LogP contribution in [0.3, 0.4) is 0 Å². The van der Waals surface area contributed by atoms with Crippen LogP contribution in [0.25, 0.3) is 0 Å². The molecule has 3 N–H and O–H groups in total. The molecule has 1 unspecified atom stereocenters. The molecule has 3 nitrogen and oxygen atoms in total. The Balaban J connectivity index is 2.52. The van der Waals surface area contributed by atoms with Gasteiger partial charge >= 0.3 is 0 Å². The standard InChI is InChI=1S/C14H21BrN2O/c1-3-6-11(16)9-14(18)17-10(2)12-7-4-5-8-13(12)15/h4-5,7-8,10-11H,3,6,9,16H2,1-2H3,(H,17,18)/t10-,11?/m1/s1. The minimum absolute atomic E-state index is 0.0121. The third-order valence-electron chi connectivity index (χ3n) is 2.86. The van der Waals surface area contributed by atoms with Crippen molar-refractivity contribution < 1.29 is 4.79 Å². The maximum atomic E-state index is 11.8. The van der Waals surface area contributed by atoms with Gasteiger partial charge in [-0.15, -0.1) is 0 Å². The lowest BCUT2D eigenvalue weighted by Crippen LogP contribution is -2.33. The molecule has 18 heavy (non-hydrogen) atoms. The second kappa shape index (κ2) is 7.54. The molecule has 0 radical (unpaired) electrons. The molecule has 100 valence electrons. The van der Waals surface area contributed by atoms with E-state index in [1.807, 2.05) is 31.2 Å².